The SMILES string of the molecule is NCc1nnc(-c2cc(F)cc([N+](=O)[O-])c2)n1C1CC1. The van der Waals surface area contributed by atoms with Crippen LogP contribution in [0.2, 0.25) is 0 Å². The summed E-state index contributed by atoms with van der Waals surface area (Å²) in [5, 5.41) is 18.8. The normalized spacial score (nSPS) is 14.5. The lowest BCUT2D eigenvalue weighted by molar-refractivity contribution is -0.385. The van der Waals surface area contributed by atoms with E-state index in [9.17, 15) is 14.5 Å². The Hall–Kier alpha value is -2.35. The van der Waals surface area contributed by atoms with Crippen molar-refractivity contribution in [2.45, 2.75) is 25.4 Å². The summed E-state index contributed by atoms with van der Waals surface area (Å²) in [4.78, 5) is 10.2. The van der Waals surface area contributed by atoms with Gasteiger partial charge in [-0.15, -0.1) is 10.2 Å². The number of nitro benzene ring substituents is 1. The summed E-state index contributed by atoms with van der Waals surface area (Å²) in [6, 6.07) is 3.65. The molecule has 20 heavy (non-hydrogen) atoms. The van der Waals surface area contributed by atoms with Crippen molar-refractivity contribution in [3.8, 4) is 11.4 Å². The van der Waals surface area contributed by atoms with Crippen LogP contribution in [0.4, 0.5) is 10.1 Å². The van der Waals surface area contributed by atoms with Gasteiger partial charge in [-0.2, -0.15) is 0 Å². The number of nitrogens with zero attached hydrogens (tertiary/aromatic N) is 4. The highest BCUT2D eigenvalue weighted by molar-refractivity contribution is 5.60. The summed E-state index contributed by atoms with van der Waals surface area (Å²) >= 11 is 0. The molecule has 0 bridgehead atoms. The van der Waals surface area contributed by atoms with Gasteiger partial charge in [0.15, 0.2) is 5.82 Å². The molecule has 0 unspecified atom stereocenters. The van der Waals surface area contributed by atoms with E-state index in [4.69, 9.17) is 5.73 Å². The molecule has 1 aliphatic carbocycles. The van der Waals surface area contributed by atoms with E-state index in [-0.39, 0.29) is 18.3 Å². The Morgan fingerprint density at radius 1 is 1.40 bits per heavy atom. The van der Waals surface area contributed by atoms with Crippen LogP contribution in [-0.4, -0.2) is 19.7 Å². The zero-order valence-electron chi connectivity index (χ0n) is 10.5. The van der Waals surface area contributed by atoms with Gasteiger partial charge in [0.2, 0.25) is 0 Å². The molecule has 104 valence electrons. The molecule has 1 aromatic carbocycles. The summed E-state index contributed by atoms with van der Waals surface area (Å²) in [5.74, 6) is 0.360. The lowest BCUT2D eigenvalue weighted by Crippen LogP contribution is -2.08. The highest BCUT2D eigenvalue weighted by Gasteiger charge is 2.30. The zero-order valence-corrected chi connectivity index (χ0v) is 10.5. The molecule has 0 atom stereocenters. The molecule has 1 heterocycles. The van der Waals surface area contributed by atoms with E-state index in [0.29, 0.717) is 17.2 Å². The molecule has 0 radical (unpaired) electrons. The third-order valence-corrected chi connectivity index (χ3v) is 3.21. The number of aromatic nitrogens is 3. The number of rotatable bonds is 4. The maximum atomic E-state index is 13.5. The first-order valence-corrected chi connectivity index (χ1v) is 6.19. The third kappa shape index (κ3) is 2.14. The summed E-state index contributed by atoms with van der Waals surface area (Å²) in [6.45, 7) is 0.223. The molecule has 1 fully saturated rings. The maximum absolute atomic E-state index is 13.5. The van der Waals surface area contributed by atoms with Gasteiger partial charge in [0.05, 0.1) is 17.5 Å². The van der Waals surface area contributed by atoms with Crippen molar-refractivity contribution in [1.82, 2.24) is 14.8 Å². The summed E-state index contributed by atoms with van der Waals surface area (Å²) in [6.07, 6.45) is 1.96. The van der Waals surface area contributed by atoms with Crippen LogP contribution >= 0.6 is 0 Å². The molecule has 0 saturated heterocycles. The predicted octanol–water partition coefficient (Wildman–Crippen LogP) is 1.79. The second-order valence-electron chi connectivity index (χ2n) is 4.70. The van der Waals surface area contributed by atoms with E-state index < -0.39 is 10.7 Å². The van der Waals surface area contributed by atoms with Crippen molar-refractivity contribution in [3.63, 3.8) is 0 Å². The van der Waals surface area contributed by atoms with E-state index in [2.05, 4.69) is 10.2 Å². The average Bonchev–Trinajstić information content (AvgIpc) is 3.16. The number of nitrogens with two attached hydrogens (primary N) is 1. The fraction of sp³-hybridized carbons (Fsp3) is 0.333. The van der Waals surface area contributed by atoms with Gasteiger partial charge < -0.3 is 10.3 Å². The standard InChI is InChI=1S/C12H12FN5O2/c13-8-3-7(4-10(5-8)18(19)20)12-16-15-11(6-14)17(12)9-1-2-9/h3-5,9H,1-2,6,14H2. The topological polar surface area (TPSA) is 99.9 Å². The van der Waals surface area contributed by atoms with E-state index >= 15 is 0 Å². The van der Waals surface area contributed by atoms with Gasteiger partial charge in [-0.3, -0.25) is 10.1 Å². The molecule has 0 amide bonds. The third-order valence-electron chi connectivity index (χ3n) is 3.21. The molecule has 3 rings (SSSR count). The lowest BCUT2D eigenvalue weighted by Gasteiger charge is -2.08. The van der Waals surface area contributed by atoms with Crippen LogP contribution in [0, 0.1) is 15.9 Å². The minimum atomic E-state index is -0.672. The summed E-state index contributed by atoms with van der Waals surface area (Å²) in [5.41, 5.74) is 5.65. The maximum Gasteiger partial charge on any atom is 0.273 e. The number of benzene rings is 1. The fourth-order valence-corrected chi connectivity index (χ4v) is 2.18. The largest absolute Gasteiger partial charge is 0.324 e. The minimum Gasteiger partial charge on any atom is -0.324 e. The summed E-state index contributed by atoms with van der Waals surface area (Å²) in [7, 11) is 0. The average molecular weight is 277 g/mol. The van der Waals surface area contributed by atoms with Crippen LogP contribution in [0.3, 0.4) is 0 Å². The summed E-state index contributed by atoms with van der Waals surface area (Å²) < 4.78 is 15.4. The first kappa shape index (κ1) is 12.7. The molecular weight excluding hydrogens is 265 g/mol. The van der Waals surface area contributed by atoms with Gasteiger partial charge in [-0.1, -0.05) is 0 Å². The predicted molar refractivity (Wildman–Crippen MR) is 68.2 cm³/mol. The highest BCUT2D eigenvalue weighted by atomic mass is 19.1. The second-order valence-corrected chi connectivity index (χ2v) is 4.70. The molecule has 7 nitrogen and oxygen atoms in total. The van der Waals surface area contributed by atoms with Crippen LogP contribution in [0.1, 0.15) is 24.7 Å². The number of non-ortho nitro benzene ring substituents is 1. The molecule has 2 N–H and O–H groups in total. The molecule has 0 spiro atoms. The number of hydrogen-bond acceptors (Lipinski definition) is 5. The van der Waals surface area contributed by atoms with Crippen molar-refractivity contribution in [1.29, 1.82) is 0 Å². The molecule has 2 aromatic rings. The Labute approximate surface area is 113 Å². The molecule has 1 aromatic heterocycles. The quantitative estimate of drug-likeness (QED) is 0.678. The van der Waals surface area contributed by atoms with Crippen LogP contribution < -0.4 is 5.73 Å². The van der Waals surface area contributed by atoms with E-state index in [1.54, 1.807) is 0 Å². The van der Waals surface area contributed by atoms with Crippen molar-refractivity contribution >= 4 is 5.69 Å². The van der Waals surface area contributed by atoms with Gasteiger partial charge in [0.25, 0.3) is 5.69 Å². The molecule has 0 aliphatic heterocycles. The van der Waals surface area contributed by atoms with Gasteiger partial charge >= 0.3 is 0 Å². The second kappa shape index (κ2) is 4.64. The van der Waals surface area contributed by atoms with Crippen molar-refractivity contribution in [3.05, 3.63) is 40.0 Å². The highest BCUT2D eigenvalue weighted by Crippen LogP contribution is 2.39. The van der Waals surface area contributed by atoms with Crippen molar-refractivity contribution in [2.24, 2.45) is 5.73 Å². The zero-order chi connectivity index (χ0) is 14.3. The van der Waals surface area contributed by atoms with Crippen LogP contribution in [0.15, 0.2) is 18.2 Å². The van der Waals surface area contributed by atoms with Crippen LogP contribution in [-0.2, 0) is 6.54 Å². The number of nitro groups is 1. The fourth-order valence-electron chi connectivity index (χ4n) is 2.18. The molecule has 1 saturated carbocycles. The van der Waals surface area contributed by atoms with Gasteiger partial charge in [-0.25, -0.2) is 4.39 Å². The van der Waals surface area contributed by atoms with Crippen molar-refractivity contribution < 1.29 is 9.31 Å². The molecular formula is C12H12FN5O2. The van der Waals surface area contributed by atoms with E-state index in [1.807, 2.05) is 4.57 Å². The Morgan fingerprint density at radius 3 is 2.75 bits per heavy atom. The van der Waals surface area contributed by atoms with Crippen LogP contribution in [0.5, 0.6) is 0 Å². The van der Waals surface area contributed by atoms with Gasteiger partial charge in [0, 0.05) is 17.7 Å². The smallest absolute Gasteiger partial charge is 0.273 e. The molecule has 8 heteroatoms. The lowest BCUT2D eigenvalue weighted by atomic mass is 10.2. The number of halogens is 1. The van der Waals surface area contributed by atoms with Gasteiger partial charge in [0.1, 0.15) is 11.6 Å². The van der Waals surface area contributed by atoms with Crippen molar-refractivity contribution in [2.75, 3.05) is 0 Å². The monoisotopic (exact) mass is 277 g/mol. The van der Waals surface area contributed by atoms with E-state index in [1.165, 1.54) is 12.1 Å². The van der Waals surface area contributed by atoms with Gasteiger partial charge in [-0.05, 0) is 18.9 Å². The Morgan fingerprint density at radius 2 is 2.15 bits per heavy atom. The minimum absolute atomic E-state index is 0.223. The molecule has 1 aliphatic rings. The number of hydrogen-bond donors (Lipinski definition) is 1. The first-order chi connectivity index (χ1) is 9.60. The van der Waals surface area contributed by atoms with Crippen LogP contribution in [0.25, 0.3) is 11.4 Å². The Kier molecular flexibility index (Phi) is 2.94. The Balaban J connectivity index is 2.13. The van der Waals surface area contributed by atoms with E-state index in [0.717, 1.165) is 18.9 Å². The first-order valence-electron chi connectivity index (χ1n) is 6.19. The Bertz CT molecular complexity index is 680.